The minimum absolute atomic E-state index is 0.0767. The number of para-hydroxylation sites is 2. The van der Waals surface area contributed by atoms with Gasteiger partial charge in [-0.15, -0.1) is 0 Å². The van der Waals surface area contributed by atoms with Gasteiger partial charge >= 0.3 is 5.69 Å². The zero-order chi connectivity index (χ0) is 22.9. The number of aromatic nitrogens is 2. The largest absolute Gasteiger partial charge is 0.338 e. The molecule has 0 radical (unpaired) electrons. The van der Waals surface area contributed by atoms with Crippen LogP contribution in [0.3, 0.4) is 0 Å². The number of benzene rings is 2. The molecule has 1 aromatic heterocycles. The number of hydrogen-bond donors (Lipinski definition) is 1. The molecular weight excluding hydrogens is 428 g/mol. The van der Waals surface area contributed by atoms with E-state index in [0.29, 0.717) is 30.0 Å². The third-order valence-electron chi connectivity index (χ3n) is 6.27. The Morgan fingerprint density at radius 2 is 1.69 bits per heavy atom. The van der Waals surface area contributed by atoms with Crippen LogP contribution < -0.4 is 5.69 Å². The molecular formula is C23H28N4O4S. The van der Waals surface area contributed by atoms with E-state index in [2.05, 4.69) is 18.8 Å². The summed E-state index contributed by atoms with van der Waals surface area (Å²) >= 11 is 0. The Morgan fingerprint density at radius 3 is 2.34 bits per heavy atom. The van der Waals surface area contributed by atoms with Crippen LogP contribution >= 0.6 is 0 Å². The molecule has 170 valence electrons. The summed E-state index contributed by atoms with van der Waals surface area (Å²) in [4.78, 5) is 29.7. The second-order valence-corrected chi connectivity index (χ2v) is 10.1. The summed E-state index contributed by atoms with van der Waals surface area (Å²) in [5, 5.41) is 0. The lowest BCUT2D eigenvalue weighted by atomic mass is 9.99. The number of amides is 1. The molecule has 1 aliphatic rings. The maximum atomic E-state index is 13.0. The van der Waals surface area contributed by atoms with Crippen molar-refractivity contribution in [3.05, 3.63) is 64.6 Å². The first-order valence-corrected chi connectivity index (χ1v) is 12.3. The van der Waals surface area contributed by atoms with Crippen molar-refractivity contribution in [3.8, 4) is 0 Å². The first kappa shape index (κ1) is 22.3. The van der Waals surface area contributed by atoms with Crippen molar-refractivity contribution in [1.82, 2.24) is 18.8 Å². The molecule has 32 heavy (non-hydrogen) atoms. The molecule has 1 fully saturated rings. The van der Waals surface area contributed by atoms with Crippen molar-refractivity contribution in [2.75, 3.05) is 26.2 Å². The fourth-order valence-electron chi connectivity index (χ4n) is 4.03. The molecule has 4 rings (SSSR count). The summed E-state index contributed by atoms with van der Waals surface area (Å²) in [7, 11) is -3.61. The van der Waals surface area contributed by atoms with Gasteiger partial charge in [0, 0.05) is 26.2 Å². The topological polar surface area (TPSA) is 95.5 Å². The number of carbonyl (C=O) groups is 1. The molecule has 0 spiro atoms. The lowest BCUT2D eigenvalue weighted by Gasteiger charge is -2.34. The molecule has 0 aliphatic carbocycles. The number of rotatable bonds is 6. The molecule has 2 aromatic carbocycles. The maximum Gasteiger partial charge on any atom is 0.326 e. The highest BCUT2D eigenvalue weighted by atomic mass is 32.2. The average Bonchev–Trinajstić information content (AvgIpc) is 3.13. The van der Waals surface area contributed by atoms with Gasteiger partial charge < -0.3 is 9.88 Å². The number of aromatic amines is 1. The molecule has 1 aliphatic heterocycles. The molecule has 8 nitrogen and oxygen atoms in total. The highest BCUT2D eigenvalue weighted by Crippen LogP contribution is 2.23. The third kappa shape index (κ3) is 4.22. The smallest absolute Gasteiger partial charge is 0.326 e. The highest BCUT2D eigenvalue weighted by molar-refractivity contribution is 7.89. The summed E-state index contributed by atoms with van der Waals surface area (Å²) in [6, 6.07) is 14.3. The molecule has 1 N–H and O–H groups in total. The van der Waals surface area contributed by atoms with Gasteiger partial charge in [-0.2, -0.15) is 4.31 Å². The van der Waals surface area contributed by atoms with Gasteiger partial charge in [0.1, 0.15) is 6.54 Å². The molecule has 1 amide bonds. The van der Waals surface area contributed by atoms with E-state index in [-0.39, 0.29) is 36.1 Å². The van der Waals surface area contributed by atoms with Gasteiger partial charge in [0.05, 0.1) is 15.9 Å². The van der Waals surface area contributed by atoms with Gasteiger partial charge in [0.15, 0.2) is 0 Å². The van der Waals surface area contributed by atoms with Crippen LogP contribution in [-0.2, 0) is 21.4 Å². The quantitative estimate of drug-likeness (QED) is 0.616. The fourth-order valence-corrected chi connectivity index (χ4v) is 5.45. The van der Waals surface area contributed by atoms with Crippen LogP contribution in [0.2, 0.25) is 0 Å². The Labute approximate surface area is 187 Å². The lowest BCUT2D eigenvalue weighted by molar-refractivity contribution is -0.133. The van der Waals surface area contributed by atoms with Crippen molar-refractivity contribution in [3.63, 3.8) is 0 Å². The monoisotopic (exact) mass is 456 g/mol. The van der Waals surface area contributed by atoms with E-state index in [9.17, 15) is 18.0 Å². The van der Waals surface area contributed by atoms with Crippen molar-refractivity contribution in [1.29, 1.82) is 0 Å². The molecule has 1 saturated heterocycles. The fraction of sp³-hybridized carbons (Fsp3) is 0.391. The van der Waals surface area contributed by atoms with Crippen LogP contribution in [0.15, 0.2) is 58.2 Å². The minimum atomic E-state index is -3.61. The molecule has 1 unspecified atom stereocenters. The van der Waals surface area contributed by atoms with Crippen molar-refractivity contribution < 1.29 is 13.2 Å². The van der Waals surface area contributed by atoms with Crippen molar-refractivity contribution >= 4 is 27.0 Å². The summed E-state index contributed by atoms with van der Waals surface area (Å²) in [5.41, 5.74) is 2.14. The van der Waals surface area contributed by atoms with Crippen molar-refractivity contribution in [2.24, 2.45) is 0 Å². The lowest BCUT2D eigenvalue weighted by Crippen LogP contribution is -2.51. The minimum Gasteiger partial charge on any atom is -0.338 e. The van der Waals surface area contributed by atoms with Crippen LogP contribution in [-0.4, -0.2) is 59.3 Å². The first-order valence-electron chi connectivity index (χ1n) is 10.9. The number of fused-ring (bicyclic) bond motifs is 1. The zero-order valence-corrected chi connectivity index (χ0v) is 19.1. The number of H-pyrrole nitrogens is 1. The van der Waals surface area contributed by atoms with Gasteiger partial charge in [0.25, 0.3) is 0 Å². The van der Waals surface area contributed by atoms with Gasteiger partial charge in [-0.1, -0.05) is 38.1 Å². The number of sulfonamides is 1. The van der Waals surface area contributed by atoms with Crippen LogP contribution in [0.4, 0.5) is 0 Å². The van der Waals surface area contributed by atoms with Gasteiger partial charge in [-0.25, -0.2) is 13.2 Å². The standard InChI is InChI=1S/C23H28N4O4S/c1-3-17(2)18-8-10-19(11-9-18)32(30,31)26-14-12-25(13-15-26)22(28)16-27-21-7-5-4-6-20(21)24-23(27)29/h4-11,17H,3,12-16H2,1-2H3,(H,24,29). The molecule has 0 bridgehead atoms. The number of carbonyl (C=O) groups excluding carboxylic acids is 1. The number of nitrogens with zero attached hydrogens (tertiary/aromatic N) is 3. The average molecular weight is 457 g/mol. The predicted octanol–water partition coefficient (Wildman–Crippen LogP) is 2.38. The normalized spacial score (nSPS) is 16.4. The Hall–Kier alpha value is -2.91. The zero-order valence-electron chi connectivity index (χ0n) is 18.3. The van der Waals surface area contributed by atoms with Gasteiger partial charge in [-0.3, -0.25) is 9.36 Å². The Balaban J connectivity index is 1.41. The van der Waals surface area contributed by atoms with E-state index in [1.807, 2.05) is 24.3 Å². The van der Waals surface area contributed by atoms with Crippen LogP contribution in [0, 0.1) is 0 Å². The molecule has 2 heterocycles. The van der Waals surface area contributed by atoms with E-state index in [1.54, 1.807) is 29.2 Å². The van der Waals surface area contributed by atoms with Gasteiger partial charge in [0.2, 0.25) is 15.9 Å². The van der Waals surface area contributed by atoms with E-state index < -0.39 is 10.0 Å². The maximum absolute atomic E-state index is 13.0. The first-order chi connectivity index (χ1) is 15.3. The van der Waals surface area contributed by atoms with E-state index in [0.717, 1.165) is 12.0 Å². The van der Waals surface area contributed by atoms with E-state index in [1.165, 1.54) is 8.87 Å². The summed E-state index contributed by atoms with van der Waals surface area (Å²) in [5.74, 6) is 0.178. The summed E-state index contributed by atoms with van der Waals surface area (Å²) in [6.07, 6.45) is 0.993. The Bertz CT molecular complexity index is 1270. The molecule has 1 atom stereocenters. The van der Waals surface area contributed by atoms with Crippen LogP contribution in [0.1, 0.15) is 31.7 Å². The number of piperazine rings is 1. The SMILES string of the molecule is CCC(C)c1ccc(S(=O)(=O)N2CCN(C(=O)Cn3c(=O)[nH]c4ccccc43)CC2)cc1. The second-order valence-electron chi connectivity index (χ2n) is 8.20. The molecule has 9 heteroatoms. The van der Waals surface area contributed by atoms with E-state index >= 15 is 0 Å². The number of imidazole rings is 1. The van der Waals surface area contributed by atoms with Gasteiger partial charge in [-0.05, 0) is 42.2 Å². The summed E-state index contributed by atoms with van der Waals surface area (Å²) < 4.78 is 28.9. The van der Waals surface area contributed by atoms with Crippen LogP contribution in [0.25, 0.3) is 11.0 Å². The predicted molar refractivity (Wildman–Crippen MR) is 123 cm³/mol. The molecule has 3 aromatic rings. The Kier molecular flexibility index (Phi) is 6.21. The highest BCUT2D eigenvalue weighted by Gasteiger charge is 2.30. The van der Waals surface area contributed by atoms with E-state index in [4.69, 9.17) is 0 Å². The Morgan fingerprint density at radius 1 is 1.03 bits per heavy atom. The molecule has 0 saturated carbocycles. The third-order valence-corrected chi connectivity index (χ3v) is 8.18. The van der Waals surface area contributed by atoms with Crippen LogP contribution in [0.5, 0.6) is 0 Å². The number of nitrogens with one attached hydrogen (secondary N) is 1. The number of hydrogen-bond acceptors (Lipinski definition) is 4. The van der Waals surface area contributed by atoms with Crippen molar-refractivity contribution in [2.45, 2.75) is 37.6 Å². The summed E-state index contributed by atoms with van der Waals surface area (Å²) in [6.45, 7) is 5.18. The second kappa shape index (κ2) is 8.91.